The molecule has 7 heteroatoms. The monoisotopic (exact) mass is 314 g/mol. The summed E-state index contributed by atoms with van der Waals surface area (Å²) in [7, 11) is 0. The minimum Gasteiger partial charge on any atom is -0.361 e. The molecule has 1 aliphatic carbocycles. The molecule has 7 nitrogen and oxygen atoms in total. The second-order valence-corrected chi connectivity index (χ2v) is 5.61. The Bertz CT molecular complexity index is 749. The SMILES string of the molecule is O=C(CCc1c[nH]c2ccccc12)NNC(=O)C(=O)NC1CC1. The van der Waals surface area contributed by atoms with Gasteiger partial charge in [0, 0.05) is 29.6 Å². The van der Waals surface area contributed by atoms with Gasteiger partial charge in [-0.3, -0.25) is 25.2 Å². The fourth-order valence-corrected chi connectivity index (χ4v) is 2.31. The van der Waals surface area contributed by atoms with Crippen LogP contribution in [0.1, 0.15) is 24.8 Å². The number of benzene rings is 1. The van der Waals surface area contributed by atoms with Gasteiger partial charge in [0.25, 0.3) is 0 Å². The van der Waals surface area contributed by atoms with Crippen LogP contribution >= 0.6 is 0 Å². The first-order valence-corrected chi connectivity index (χ1v) is 7.58. The number of nitrogens with one attached hydrogen (secondary N) is 4. The second-order valence-electron chi connectivity index (χ2n) is 5.61. The van der Waals surface area contributed by atoms with Gasteiger partial charge >= 0.3 is 11.8 Å². The van der Waals surface area contributed by atoms with Crippen LogP contribution in [-0.2, 0) is 20.8 Å². The first-order valence-electron chi connectivity index (χ1n) is 7.58. The van der Waals surface area contributed by atoms with Crippen LogP contribution in [0.15, 0.2) is 30.5 Å². The van der Waals surface area contributed by atoms with E-state index in [2.05, 4.69) is 21.2 Å². The van der Waals surface area contributed by atoms with Crippen LogP contribution in [0.2, 0.25) is 0 Å². The van der Waals surface area contributed by atoms with Crippen molar-refractivity contribution in [1.82, 2.24) is 21.2 Å². The van der Waals surface area contributed by atoms with E-state index in [1.165, 1.54) is 0 Å². The highest BCUT2D eigenvalue weighted by atomic mass is 16.2. The number of fused-ring (bicyclic) bond motifs is 1. The Morgan fingerprint density at radius 2 is 1.87 bits per heavy atom. The molecule has 3 amide bonds. The molecule has 0 radical (unpaired) electrons. The fourth-order valence-electron chi connectivity index (χ4n) is 2.31. The third kappa shape index (κ3) is 3.88. The summed E-state index contributed by atoms with van der Waals surface area (Å²) in [4.78, 5) is 37.8. The van der Waals surface area contributed by atoms with Gasteiger partial charge in [-0.2, -0.15) is 0 Å². The normalized spacial score (nSPS) is 13.6. The molecule has 1 aromatic heterocycles. The molecular formula is C16H18N4O3. The zero-order chi connectivity index (χ0) is 16.2. The number of para-hydroxylation sites is 1. The molecule has 0 spiro atoms. The molecule has 2 aromatic rings. The number of hydrazine groups is 1. The highest BCUT2D eigenvalue weighted by Crippen LogP contribution is 2.19. The minimum atomic E-state index is -0.850. The van der Waals surface area contributed by atoms with E-state index in [1.54, 1.807) is 0 Å². The number of aromatic nitrogens is 1. The van der Waals surface area contributed by atoms with E-state index < -0.39 is 11.8 Å². The van der Waals surface area contributed by atoms with Crippen molar-refractivity contribution in [1.29, 1.82) is 0 Å². The van der Waals surface area contributed by atoms with Gasteiger partial charge in [-0.05, 0) is 30.9 Å². The number of H-pyrrole nitrogens is 1. The predicted octanol–water partition coefficient (Wildman–Crippen LogP) is 0.526. The van der Waals surface area contributed by atoms with E-state index in [9.17, 15) is 14.4 Å². The Hall–Kier alpha value is -2.83. The Morgan fingerprint density at radius 3 is 2.65 bits per heavy atom. The first-order chi connectivity index (χ1) is 11.1. The summed E-state index contributed by atoms with van der Waals surface area (Å²) in [6, 6.07) is 7.95. The number of hydrogen-bond donors (Lipinski definition) is 4. The Labute approximate surface area is 132 Å². The maximum absolute atomic E-state index is 11.8. The number of rotatable bonds is 4. The van der Waals surface area contributed by atoms with E-state index in [-0.39, 0.29) is 18.4 Å². The summed E-state index contributed by atoms with van der Waals surface area (Å²) in [5.74, 6) is -1.91. The lowest BCUT2D eigenvalue weighted by Gasteiger charge is -2.07. The summed E-state index contributed by atoms with van der Waals surface area (Å²) < 4.78 is 0. The molecule has 0 bridgehead atoms. The zero-order valence-corrected chi connectivity index (χ0v) is 12.5. The van der Waals surface area contributed by atoms with Crippen molar-refractivity contribution < 1.29 is 14.4 Å². The first kappa shape index (κ1) is 15.1. The number of aromatic amines is 1. The lowest BCUT2D eigenvalue weighted by atomic mass is 10.1. The van der Waals surface area contributed by atoms with Crippen molar-refractivity contribution in [2.75, 3.05) is 0 Å². The highest BCUT2D eigenvalue weighted by molar-refractivity contribution is 6.35. The van der Waals surface area contributed by atoms with Gasteiger partial charge in [0.2, 0.25) is 5.91 Å². The van der Waals surface area contributed by atoms with Crippen LogP contribution in [0, 0.1) is 0 Å². The van der Waals surface area contributed by atoms with Crippen molar-refractivity contribution >= 4 is 28.6 Å². The maximum atomic E-state index is 11.8. The molecule has 0 atom stereocenters. The summed E-state index contributed by atoms with van der Waals surface area (Å²) >= 11 is 0. The van der Waals surface area contributed by atoms with Gasteiger partial charge < -0.3 is 10.3 Å². The van der Waals surface area contributed by atoms with Crippen molar-refractivity contribution in [2.24, 2.45) is 0 Å². The third-order valence-corrected chi connectivity index (χ3v) is 3.73. The van der Waals surface area contributed by atoms with E-state index >= 15 is 0 Å². The van der Waals surface area contributed by atoms with E-state index in [1.807, 2.05) is 30.5 Å². The van der Waals surface area contributed by atoms with Gasteiger partial charge in [-0.15, -0.1) is 0 Å². The molecule has 1 fully saturated rings. The molecule has 0 saturated heterocycles. The number of hydrogen-bond acceptors (Lipinski definition) is 3. The summed E-state index contributed by atoms with van der Waals surface area (Å²) in [6.07, 6.45) is 4.43. The minimum absolute atomic E-state index is 0.103. The Balaban J connectivity index is 1.44. The fraction of sp³-hybridized carbons (Fsp3) is 0.312. The summed E-state index contributed by atoms with van der Waals surface area (Å²) in [5.41, 5.74) is 6.44. The predicted molar refractivity (Wildman–Crippen MR) is 84.1 cm³/mol. The van der Waals surface area contributed by atoms with Gasteiger partial charge in [-0.25, -0.2) is 0 Å². The molecule has 23 heavy (non-hydrogen) atoms. The quantitative estimate of drug-likeness (QED) is 0.489. The maximum Gasteiger partial charge on any atom is 0.327 e. The van der Waals surface area contributed by atoms with Crippen molar-refractivity contribution in [2.45, 2.75) is 31.7 Å². The molecular weight excluding hydrogens is 296 g/mol. The average Bonchev–Trinajstić information content (AvgIpc) is 3.28. The number of carbonyl (C=O) groups is 3. The van der Waals surface area contributed by atoms with Crippen LogP contribution in [0.4, 0.5) is 0 Å². The molecule has 0 aliphatic heterocycles. The van der Waals surface area contributed by atoms with Crippen molar-refractivity contribution in [3.8, 4) is 0 Å². The average molecular weight is 314 g/mol. The van der Waals surface area contributed by atoms with Crippen LogP contribution in [0.3, 0.4) is 0 Å². The van der Waals surface area contributed by atoms with Crippen LogP contribution < -0.4 is 16.2 Å². The van der Waals surface area contributed by atoms with E-state index in [0.29, 0.717) is 6.42 Å². The molecule has 1 heterocycles. The van der Waals surface area contributed by atoms with Crippen molar-refractivity contribution in [3.63, 3.8) is 0 Å². The summed E-state index contributed by atoms with van der Waals surface area (Å²) in [6.45, 7) is 0. The third-order valence-electron chi connectivity index (χ3n) is 3.73. The van der Waals surface area contributed by atoms with Gasteiger partial charge in [-0.1, -0.05) is 18.2 Å². The van der Waals surface area contributed by atoms with E-state index in [0.717, 1.165) is 29.3 Å². The Kier molecular flexibility index (Phi) is 4.27. The number of aryl methyl sites for hydroxylation is 1. The van der Waals surface area contributed by atoms with Gasteiger partial charge in [0.05, 0.1) is 0 Å². The summed E-state index contributed by atoms with van der Waals surface area (Å²) in [5, 5.41) is 3.62. The molecule has 3 rings (SSSR count). The topological polar surface area (TPSA) is 103 Å². The molecule has 1 aliphatic rings. The molecule has 0 unspecified atom stereocenters. The van der Waals surface area contributed by atoms with Crippen LogP contribution in [-0.4, -0.2) is 28.7 Å². The molecule has 4 N–H and O–H groups in total. The zero-order valence-electron chi connectivity index (χ0n) is 12.5. The number of amides is 3. The second kappa shape index (κ2) is 6.51. The lowest BCUT2D eigenvalue weighted by molar-refractivity contribution is -0.141. The van der Waals surface area contributed by atoms with Gasteiger partial charge in [0.15, 0.2) is 0 Å². The number of carbonyl (C=O) groups excluding carboxylic acids is 3. The largest absolute Gasteiger partial charge is 0.361 e. The van der Waals surface area contributed by atoms with Crippen LogP contribution in [0.25, 0.3) is 10.9 Å². The molecule has 120 valence electrons. The lowest BCUT2D eigenvalue weighted by Crippen LogP contribution is -2.49. The van der Waals surface area contributed by atoms with Crippen LogP contribution in [0.5, 0.6) is 0 Å². The smallest absolute Gasteiger partial charge is 0.327 e. The highest BCUT2D eigenvalue weighted by Gasteiger charge is 2.26. The Morgan fingerprint density at radius 1 is 1.09 bits per heavy atom. The van der Waals surface area contributed by atoms with E-state index in [4.69, 9.17) is 0 Å². The van der Waals surface area contributed by atoms with Gasteiger partial charge in [0.1, 0.15) is 0 Å². The standard InChI is InChI=1S/C16H18N4O3/c21-14(19-20-16(23)15(22)18-11-6-7-11)8-5-10-9-17-13-4-2-1-3-12(10)13/h1-4,9,11,17H,5-8H2,(H,18,22)(H,19,21)(H,20,23). The van der Waals surface area contributed by atoms with Crippen molar-refractivity contribution in [3.05, 3.63) is 36.0 Å². The molecule has 1 saturated carbocycles. The molecule has 1 aromatic carbocycles.